The Kier molecular flexibility index (Phi) is 3.74. The van der Waals surface area contributed by atoms with Crippen LogP contribution in [0.3, 0.4) is 0 Å². The summed E-state index contributed by atoms with van der Waals surface area (Å²) in [7, 11) is 0. The smallest absolute Gasteiger partial charge is 0.224 e. The lowest BCUT2D eigenvalue weighted by Crippen LogP contribution is -2.19. The maximum Gasteiger partial charge on any atom is 0.224 e. The molecule has 0 aliphatic carbocycles. The molecule has 0 aromatic heterocycles. The third-order valence-corrected chi connectivity index (χ3v) is 3.61. The second-order valence-corrected chi connectivity index (χ2v) is 5.21. The molecule has 4 nitrogen and oxygen atoms in total. The van der Waals surface area contributed by atoms with E-state index in [1.165, 1.54) is 6.08 Å². The van der Waals surface area contributed by atoms with Crippen LogP contribution in [0.25, 0.3) is 6.08 Å². The molecule has 3 rings (SSSR count). The second kappa shape index (κ2) is 5.85. The Balaban J connectivity index is 1.78. The van der Waals surface area contributed by atoms with E-state index in [0.29, 0.717) is 18.4 Å². The summed E-state index contributed by atoms with van der Waals surface area (Å²) in [5.74, 6) is 0.117. The molecule has 2 aromatic rings. The molecule has 1 amide bonds. The van der Waals surface area contributed by atoms with E-state index in [0.717, 1.165) is 16.8 Å². The van der Waals surface area contributed by atoms with Crippen molar-refractivity contribution in [2.75, 3.05) is 5.32 Å². The van der Waals surface area contributed by atoms with Crippen LogP contribution in [0, 0.1) is 0 Å². The Morgan fingerprint density at radius 1 is 1.09 bits per heavy atom. The average Bonchev–Trinajstić information content (AvgIpc) is 2.53. The van der Waals surface area contributed by atoms with Gasteiger partial charge in [0.05, 0.1) is 0 Å². The van der Waals surface area contributed by atoms with E-state index < -0.39 is 0 Å². The lowest BCUT2D eigenvalue weighted by molar-refractivity contribution is -0.116. The van der Waals surface area contributed by atoms with E-state index in [1.54, 1.807) is 42.5 Å². The van der Waals surface area contributed by atoms with Crippen LogP contribution in [0.4, 0.5) is 5.69 Å². The molecule has 0 saturated carbocycles. The number of carbonyl (C=O) groups is 2. The van der Waals surface area contributed by atoms with Gasteiger partial charge in [0.15, 0.2) is 5.78 Å². The van der Waals surface area contributed by atoms with Crippen molar-refractivity contribution < 1.29 is 14.7 Å². The van der Waals surface area contributed by atoms with Crippen LogP contribution < -0.4 is 5.32 Å². The van der Waals surface area contributed by atoms with Crippen molar-refractivity contribution in [2.45, 2.75) is 12.8 Å². The number of hydrogen-bond donors (Lipinski definition) is 2. The zero-order chi connectivity index (χ0) is 15.5. The number of anilines is 1. The van der Waals surface area contributed by atoms with E-state index in [4.69, 9.17) is 0 Å². The summed E-state index contributed by atoms with van der Waals surface area (Å²) in [6.45, 7) is 0. The fourth-order valence-electron chi connectivity index (χ4n) is 2.39. The van der Waals surface area contributed by atoms with Crippen molar-refractivity contribution >= 4 is 23.5 Å². The predicted molar refractivity (Wildman–Crippen MR) is 84.9 cm³/mol. The maximum absolute atomic E-state index is 12.2. The largest absolute Gasteiger partial charge is 0.508 e. The molecule has 0 unspecified atom stereocenters. The highest BCUT2D eigenvalue weighted by Gasteiger charge is 2.15. The van der Waals surface area contributed by atoms with Gasteiger partial charge in [-0.05, 0) is 54.0 Å². The van der Waals surface area contributed by atoms with E-state index in [1.807, 2.05) is 6.07 Å². The van der Waals surface area contributed by atoms with Gasteiger partial charge in [-0.25, -0.2) is 0 Å². The molecule has 4 heteroatoms. The van der Waals surface area contributed by atoms with Gasteiger partial charge in [-0.2, -0.15) is 0 Å². The predicted octanol–water partition coefficient (Wildman–Crippen LogP) is 3.17. The molecule has 2 N–H and O–H groups in total. The highest BCUT2D eigenvalue weighted by molar-refractivity contribution is 6.07. The summed E-state index contributed by atoms with van der Waals surface area (Å²) in [6.07, 6.45) is 4.33. The monoisotopic (exact) mass is 293 g/mol. The van der Waals surface area contributed by atoms with Crippen LogP contribution in [0.5, 0.6) is 5.75 Å². The van der Waals surface area contributed by atoms with Gasteiger partial charge in [-0.1, -0.05) is 18.2 Å². The number of ketones is 1. The van der Waals surface area contributed by atoms with E-state index >= 15 is 0 Å². The first-order valence-corrected chi connectivity index (χ1v) is 7.06. The molecule has 1 aliphatic rings. The first-order valence-electron chi connectivity index (χ1n) is 7.06. The van der Waals surface area contributed by atoms with E-state index in [9.17, 15) is 14.7 Å². The Morgan fingerprint density at radius 2 is 1.86 bits per heavy atom. The molecule has 0 spiro atoms. The number of hydrogen-bond acceptors (Lipinski definition) is 3. The fraction of sp³-hybridized carbons (Fsp3) is 0.111. The van der Waals surface area contributed by atoms with Crippen molar-refractivity contribution in [1.29, 1.82) is 0 Å². The average molecular weight is 293 g/mol. The Labute approximate surface area is 128 Å². The first-order chi connectivity index (χ1) is 10.6. The first kappa shape index (κ1) is 14.1. The number of rotatable bonds is 3. The maximum atomic E-state index is 12.2. The molecule has 22 heavy (non-hydrogen) atoms. The molecule has 2 aromatic carbocycles. The SMILES string of the molecule is O=C1CCc2cc(C(=O)/C=C\c3ccc(O)cc3)ccc2N1. The molecular weight excluding hydrogens is 278 g/mol. The van der Waals surface area contributed by atoms with Crippen molar-refractivity contribution in [3.8, 4) is 5.75 Å². The highest BCUT2D eigenvalue weighted by Crippen LogP contribution is 2.24. The van der Waals surface area contributed by atoms with Crippen molar-refractivity contribution in [1.82, 2.24) is 0 Å². The van der Waals surface area contributed by atoms with Crippen molar-refractivity contribution in [2.24, 2.45) is 0 Å². The number of allylic oxidation sites excluding steroid dienone is 1. The number of aromatic hydroxyl groups is 1. The zero-order valence-corrected chi connectivity index (χ0v) is 11.9. The summed E-state index contributed by atoms with van der Waals surface area (Å²) in [6, 6.07) is 11.9. The van der Waals surface area contributed by atoms with Crippen LogP contribution in [0.15, 0.2) is 48.5 Å². The van der Waals surface area contributed by atoms with Gasteiger partial charge in [-0.3, -0.25) is 9.59 Å². The molecule has 1 heterocycles. The fourth-order valence-corrected chi connectivity index (χ4v) is 2.39. The zero-order valence-electron chi connectivity index (χ0n) is 11.9. The summed E-state index contributed by atoms with van der Waals surface area (Å²) in [5, 5.41) is 12.0. The summed E-state index contributed by atoms with van der Waals surface area (Å²) in [4.78, 5) is 23.5. The van der Waals surface area contributed by atoms with Crippen LogP contribution in [-0.4, -0.2) is 16.8 Å². The topological polar surface area (TPSA) is 66.4 Å². The molecule has 0 saturated heterocycles. The summed E-state index contributed by atoms with van der Waals surface area (Å²) in [5.41, 5.74) is 3.22. The van der Waals surface area contributed by atoms with Crippen molar-refractivity contribution in [3.05, 3.63) is 65.2 Å². The Morgan fingerprint density at radius 3 is 2.64 bits per heavy atom. The second-order valence-electron chi connectivity index (χ2n) is 5.21. The molecule has 0 atom stereocenters. The van der Waals surface area contributed by atoms with Gasteiger partial charge >= 0.3 is 0 Å². The third-order valence-electron chi connectivity index (χ3n) is 3.61. The van der Waals surface area contributed by atoms with Gasteiger partial charge < -0.3 is 10.4 Å². The minimum atomic E-state index is -0.0900. The van der Waals surface area contributed by atoms with Gasteiger partial charge in [0, 0.05) is 17.7 Å². The lowest BCUT2D eigenvalue weighted by Gasteiger charge is -2.16. The molecule has 1 aliphatic heterocycles. The number of fused-ring (bicyclic) bond motifs is 1. The molecule has 110 valence electrons. The molecule has 0 bridgehead atoms. The summed E-state index contributed by atoms with van der Waals surface area (Å²) >= 11 is 0. The Hall–Kier alpha value is -2.88. The number of benzene rings is 2. The van der Waals surface area contributed by atoms with E-state index in [2.05, 4.69) is 5.32 Å². The molecule has 0 radical (unpaired) electrons. The summed E-state index contributed by atoms with van der Waals surface area (Å²) < 4.78 is 0. The molecule has 0 fully saturated rings. The van der Waals surface area contributed by atoms with Crippen LogP contribution in [0.1, 0.15) is 27.9 Å². The van der Waals surface area contributed by atoms with Crippen LogP contribution in [0.2, 0.25) is 0 Å². The van der Waals surface area contributed by atoms with Crippen molar-refractivity contribution in [3.63, 3.8) is 0 Å². The number of amides is 1. The normalized spacial score (nSPS) is 13.7. The molecular formula is C18H15NO3. The minimum absolute atomic E-state index is 0.0128. The standard InChI is InChI=1S/C18H15NO3/c20-15-6-1-12(2-7-15)3-9-17(21)14-4-8-16-13(11-14)5-10-18(22)19-16/h1-4,6-9,11,20H,5,10H2,(H,19,22)/b9-3-. The number of aryl methyl sites for hydroxylation is 1. The quantitative estimate of drug-likeness (QED) is 0.674. The van der Waals surface area contributed by atoms with E-state index in [-0.39, 0.29) is 17.4 Å². The van der Waals surface area contributed by atoms with Crippen LogP contribution >= 0.6 is 0 Å². The number of carbonyl (C=O) groups excluding carboxylic acids is 2. The van der Waals surface area contributed by atoms with Gasteiger partial charge in [0.25, 0.3) is 0 Å². The highest BCUT2D eigenvalue weighted by atomic mass is 16.3. The Bertz CT molecular complexity index is 760. The third kappa shape index (κ3) is 3.06. The van der Waals surface area contributed by atoms with Gasteiger partial charge in [0.1, 0.15) is 5.75 Å². The number of phenolic OH excluding ortho intramolecular Hbond substituents is 1. The number of nitrogens with one attached hydrogen (secondary N) is 1. The van der Waals surface area contributed by atoms with Crippen LogP contribution in [-0.2, 0) is 11.2 Å². The van der Waals surface area contributed by atoms with Gasteiger partial charge in [0.2, 0.25) is 5.91 Å². The van der Waals surface area contributed by atoms with Gasteiger partial charge in [-0.15, -0.1) is 0 Å². The minimum Gasteiger partial charge on any atom is -0.508 e. The number of phenols is 1. The lowest BCUT2D eigenvalue weighted by atomic mass is 9.98.